The summed E-state index contributed by atoms with van der Waals surface area (Å²) in [5.74, 6) is 0.721. The van der Waals surface area contributed by atoms with Gasteiger partial charge in [0.25, 0.3) is 0 Å². The number of hydrogen-bond donors (Lipinski definition) is 0. The normalized spacial score (nSPS) is 30.8. The summed E-state index contributed by atoms with van der Waals surface area (Å²) in [5, 5.41) is -0.255. The maximum atomic E-state index is 11.8. The third-order valence-electron chi connectivity index (χ3n) is 3.08. The van der Waals surface area contributed by atoms with Gasteiger partial charge in [0.15, 0.2) is 9.84 Å². The standard InChI is InChI=1S/C10H20O2S/c1-8(2)13(11,12)10-6-4-9(3)5-7-10/h8-10H,4-7H2,1-3H3. The molecule has 0 unspecified atom stereocenters. The van der Waals surface area contributed by atoms with Crippen molar-refractivity contribution in [3.8, 4) is 0 Å². The average molecular weight is 204 g/mol. The Balaban J connectivity index is 2.64. The van der Waals surface area contributed by atoms with Crippen molar-refractivity contribution in [2.45, 2.75) is 57.0 Å². The monoisotopic (exact) mass is 204 g/mol. The summed E-state index contributed by atoms with van der Waals surface area (Å²) < 4.78 is 23.6. The van der Waals surface area contributed by atoms with Crippen LogP contribution in [0.5, 0.6) is 0 Å². The minimum atomic E-state index is -2.82. The van der Waals surface area contributed by atoms with Gasteiger partial charge in [-0.3, -0.25) is 0 Å². The van der Waals surface area contributed by atoms with Crippen LogP contribution in [0.4, 0.5) is 0 Å². The van der Waals surface area contributed by atoms with E-state index in [1.165, 1.54) is 0 Å². The molecule has 1 saturated carbocycles. The smallest absolute Gasteiger partial charge is 0.155 e. The van der Waals surface area contributed by atoms with E-state index in [0.717, 1.165) is 31.6 Å². The highest BCUT2D eigenvalue weighted by molar-refractivity contribution is 7.92. The zero-order valence-electron chi connectivity index (χ0n) is 8.79. The second-order valence-corrected chi connectivity index (χ2v) is 7.31. The minimum Gasteiger partial charge on any atom is -0.228 e. The molecule has 0 radical (unpaired) electrons. The fourth-order valence-electron chi connectivity index (χ4n) is 1.94. The van der Waals surface area contributed by atoms with Crippen LogP contribution in [-0.2, 0) is 9.84 Å². The fourth-order valence-corrected chi connectivity index (χ4v) is 3.64. The number of rotatable bonds is 2. The Labute approximate surface area is 81.6 Å². The summed E-state index contributed by atoms with van der Waals surface area (Å²) in [5.41, 5.74) is 0. The van der Waals surface area contributed by atoms with E-state index in [1.807, 2.05) is 0 Å². The molecule has 0 amide bonds. The lowest BCUT2D eigenvalue weighted by atomic mass is 9.91. The van der Waals surface area contributed by atoms with E-state index < -0.39 is 9.84 Å². The second kappa shape index (κ2) is 3.99. The van der Waals surface area contributed by atoms with Crippen molar-refractivity contribution < 1.29 is 8.42 Å². The molecule has 78 valence electrons. The third kappa shape index (κ3) is 2.46. The van der Waals surface area contributed by atoms with E-state index in [9.17, 15) is 8.42 Å². The summed E-state index contributed by atoms with van der Waals surface area (Å²) in [6.45, 7) is 5.78. The lowest BCUT2D eigenvalue weighted by Gasteiger charge is -2.27. The van der Waals surface area contributed by atoms with Crippen LogP contribution < -0.4 is 0 Å². The van der Waals surface area contributed by atoms with Crippen LogP contribution in [0.25, 0.3) is 0 Å². The molecule has 0 spiro atoms. The molecule has 1 rings (SSSR count). The first-order valence-electron chi connectivity index (χ1n) is 5.17. The first-order chi connectivity index (χ1) is 5.94. The molecule has 3 heteroatoms. The van der Waals surface area contributed by atoms with Gasteiger partial charge in [-0.2, -0.15) is 0 Å². The van der Waals surface area contributed by atoms with E-state index in [4.69, 9.17) is 0 Å². The molecule has 1 aliphatic rings. The van der Waals surface area contributed by atoms with Gasteiger partial charge in [-0.05, 0) is 45.4 Å². The first-order valence-corrected chi connectivity index (χ1v) is 6.78. The van der Waals surface area contributed by atoms with Crippen LogP contribution >= 0.6 is 0 Å². The van der Waals surface area contributed by atoms with Crippen LogP contribution in [0.15, 0.2) is 0 Å². The molecule has 2 nitrogen and oxygen atoms in total. The van der Waals surface area contributed by atoms with Crippen molar-refractivity contribution in [1.29, 1.82) is 0 Å². The summed E-state index contributed by atoms with van der Waals surface area (Å²) in [7, 11) is -2.82. The lowest BCUT2D eigenvalue weighted by molar-refractivity contribution is 0.381. The molecule has 0 saturated heterocycles. The van der Waals surface area contributed by atoms with Crippen molar-refractivity contribution in [2.24, 2.45) is 5.92 Å². The Bertz CT molecular complexity index is 246. The van der Waals surface area contributed by atoms with Crippen molar-refractivity contribution in [3.63, 3.8) is 0 Å². The predicted octanol–water partition coefficient (Wildman–Crippen LogP) is 2.39. The average Bonchev–Trinajstić information content (AvgIpc) is 2.04. The van der Waals surface area contributed by atoms with Gasteiger partial charge in [0, 0.05) is 0 Å². The highest BCUT2D eigenvalue weighted by atomic mass is 32.2. The van der Waals surface area contributed by atoms with Gasteiger partial charge in [0.1, 0.15) is 0 Å². The molecule has 0 aromatic carbocycles. The summed E-state index contributed by atoms with van der Waals surface area (Å²) in [4.78, 5) is 0. The zero-order valence-corrected chi connectivity index (χ0v) is 9.60. The van der Waals surface area contributed by atoms with Crippen LogP contribution in [0.3, 0.4) is 0 Å². The predicted molar refractivity (Wildman–Crippen MR) is 55.5 cm³/mol. The largest absolute Gasteiger partial charge is 0.228 e. The van der Waals surface area contributed by atoms with Crippen molar-refractivity contribution in [3.05, 3.63) is 0 Å². The molecule has 0 aromatic rings. The molecule has 0 heterocycles. The SMILES string of the molecule is CC1CCC(S(=O)(=O)C(C)C)CC1. The quantitative estimate of drug-likeness (QED) is 0.692. The van der Waals surface area contributed by atoms with Gasteiger partial charge in [0.05, 0.1) is 10.5 Å². The van der Waals surface area contributed by atoms with Gasteiger partial charge in [-0.25, -0.2) is 8.42 Å². The Hall–Kier alpha value is -0.0500. The first kappa shape index (κ1) is 11.0. The van der Waals surface area contributed by atoms with Crippen LogP contribution in [-0.4, -0.2) is 18.9 Å². The maximum Gasteiger partial charge on any atom is 0.155 e. The molecule has 13 heavy (non-hydrogen) atoms. The topological polar surface area (TPSA) is 34.1 Å². The van der Waals surface area contributed by atoms with E-state index in [1.54, 1.807) is 13.8 Å². The third-order valence-corrected chi connectivity index (χ3v) is 5.80. The molecule has 1 aliphatic carbocycles. The van der Waals surface area contributed by atoms with Crippen molar-refractivity contribution >= 4 is 9.84 Å². The lowest BCUT2D eigenvalue weighted by Crippen LogP contribution is -2.31. The number of sulfone groups is 1. The molecule has 0 aliphatic heterocycles. The van der Waals surface area contributed by atoms with Gasteiger partial charge < -0.3 is 0 Å². The summed E-state index contributed by atoms with van der Waals surface area (Å²) in [6, 6.07) is 0. The van der Waals surface area contributed by atoms with Gasteiger partial charge in [-0.1, -0.05) is 6.92 Å². The highest BCUT2D eigenvalue weighted by Crippen LogP contribution is 2.29. The highest BCUT2D eigenvalue weighted by Gasteiger charge is 2.31. The molecule has 0 bridgehead atoms. The van der Waals surface area contributed by atoms with Crippen LogP contribution in [0, 0.1) is 5.92 Å². The molecular formula is C10H20O2S. The number of hydrogen-bond acceptors (Lipinski definition) is 2. The summed E-state index contributed by atoms with van der Waals surface area (Å²) in [6.07, 6.45) is 3.91. The zero-order chi connectivity index (χ0) is 10.1. The van der Waals surface area contributed by atoms with E-state index in [0.29, 0.717) is 0 Å². The Morgan fingerprint density at radius 3 is 1.92 bits per heavy atom. The molecular weight excluding hydrogens is 184 g/mol. The van der Waals surface area contributed by atoms with Crippen molar-refractivity contribution in [1.82, 2.24) is 0 Å². The fraction of sp³-hybridized carbons (Fsp3) is 1.00. The van der Waals surface area contributed by atoms with Gasteiger partial charge in [-0.15, -0.1) is 0 Å². The Morgan fingerprint density at radius 2 is 1.54 bits per heavy atom. The van der Waals surface area contributed by atoms with Gasteiger partial charge >= 0.3 is 0 Å². The van der Waals surface area contributed by atoms with Crippen LogP contribution in [0.2, 0.25) is 0 Å². The second-order valence-electron chi connectivity index (χ2n) is 4.52. The minimum absolute atomic E-state index is 0.0521. The van der Waals surface area contributed by atoms with Crippen LogP contribution in [0.1, 0.15) is 46.5 Å². The van der Waals surface area contributed by atoms with E-state index in [-0.39, 0.29) is 10.5 Å². The molecule has 0 aromatic heterocycles. The maximum absolute atomic E-state index is 11.8. The van der Waals surface area contributed by atoms with E-state index in [2.05, 4.69) is 6.92 Å². The van der Waals surface area contributed by atoms with Crippen molar-refractivity contribution in [2.75, 3.05) is 0 Å². The van der Waals surface area contributed by atoms with E-state index >= 15 is 0 Å². The molecule has 0 atom stereocenters. The van der Waals surface area contributed by atoms with Gasteiger partial charge in [0.2, 0.25) is 0 Å². The molecule has 1 fully saturated rings. The summed E-state index contributed by atoms with van der Waals surface area (Å²) >= 11 is 0. The Morgan fingerprint density at radius 1 is 1.08 bits per heavy atom. The Kier molecular flexibility index (Phi) is 3.38. The molecule has 0 N–H and O–H groups in total.